The standard InChI is InChI=1S/C11H9ClF2N2O/c1-16-5-6(4-15-16)11(17)7-2-10(14)8(12)3-9(7)13/h2-5,11,17H,1H3. The van der Waals surface area contributed by atoms with E-state index in [0.717, 1.165) is 12.1 Å². The first-order valence-electron chi connectivity index (χ1n) is 4.80. The maximum Gasteiger partial charge on any atom is 0.142 e. The fourth-order valence-electron chi connectivity index (χ4n) is 1.51. The average molecular weight is 259 g/mol. The molecule has 3 nitrogen and oxygen atoms in total. The van der Waals surface area contributed by atoms with Gasteiger partial charge in [0.25, 0.3) is 0 Å². The molecule has 0 fully saturated rings. The van der Waals surface area contributed by atoms with E-state index in [9.17, 15) is 13.9 Å². The third-order valence-corrected chi connectivity index (χ3v) is 2.66. The number of hydrogen-bond donors (Lipinski definition) is 1. The van der Waals surface area contributed by atoms with E-state index >= 15 is 0 Å². The Morgan fingerprint density at radius 3 is 2.65 bits per heavy atom. The summed E-state index contributed by atoms with van der Waals surface area (Å²) in [5, 5.41) is 13.4. The number of benzene rings is 1. The zero-order valence-corrected chi connectivity index (χ0v) is 9.62. The van der Waals surface area contributed by atoms with E-state index in [2.05, 4.69) is 5.10 Å². The average Bonchev–Trinajstić information content (AvgIpc) is 2.69. The number of hydrogen-bond acceptors (Lipinski definition) is 2. The van der Waals surface area contributed by atoms with Crippen LogP contribution in [0.15, 0.2) is 24.5 Å². The summed E-state index contributed by atoms with van der Waals surface area (Å²) in [7, 11) is 1.66. The Bertz CT molecular complexity index is 556. The second-order valence-electron chi connectivity index (χ2n) is 3.64. The van der Waals surface area contributed by atoms with Crippen molar-refractivity contribution in [1.82, 2.24) is 9.78 Å². The highest BCUT2D eigenvalue weighted by atomic mass is 35.5. The molecule has 0 aliphatic heterocycles. The maximum absolute atomic E-state index is 13.5. The van der Waals surface area contributed by atoms with Crippen LogP contribution in [0.4, 0.5) is 8.78 Å². The highest BCUT2D eigenvalue weighted by Crippen LogP contribution is 2.27. The molecule has 6 heteroatoms. The van der Waals surface area contributed by atoms with Crippen molar-refractivity contribution in [3.05, 3.63) is 52.3 Å². The van der Waals surface area contributed by atoms with E-state index in [-0.39, 0.29) is 10.6 Å². The van der Waals surface area contributed by atoms with E-state index in [1.807, 2.05) is 0 Å². The molecule has 0 saturated carbocycles. The van der Waals surface area contributed by atoms with Crippen molar-refractivity contribution in [3.8, 4) is 0 Å². The highest BCUT2D eigenvalue weighted by Gasteiger charge is 2.18. The second kappa shape index (κ2) is 4.43. The molecular formula is C11H9ClF2N2O. The molecule has 2 aromatic rings. The molecule has 17 heavy (non-hydrogen) atoms. The van der Waals surface area contributed by atoms with E-state index < -0.39 is 17.7 Å². The van der Waals surface area contributed by atoms with Crippen LogP contribution in [0.1, 0.15) is 17.2 Å². The first-order chi connectivity index (χ1) is 7.99. The van der Waals surface area contributed by atoms with Gasteiger partial charge in [0, 0.05) is 24.4 Å². The lowest BCUT2D eigenvalue weighted by atomic mass is 10.0. The zero-order chi connectivity index (χ0) is 12.6. The van der Waals surface area contributed by atoms with Crippen molar-refractivity contribution >= 4 is 11.6 Å². The Morgan fingerprint density at radius 1 is 1.35 bits per heavy atom. The number of nitrogens with zero attached hydrogens (tertiary/aromatic N) is 2. The third-order valence-electron chi connectivity index (χ3n) is 2.37. The van der Waals surface area contributed by atoms with Crippen molar-refractivity contribution in [1.29, 1.82) is 0 Å². The first-order valence-corrected chi connectivity index (χ1v) is 5.18. The minimum atomic E-state index is -1.27. The van der Waals surface area contributed by atoms with E-state index in [1.165, 1.54) is 17.1 Å². The molecule has 0 radical (unpaired) electrons. The number of aryl methyl sites for hydroxylation is 1. The largest absolute Gasteiger partial charge is 0.383 e. The summed E-state index contributed by atoms with van der Waals surface area (Å²) in [6, 6.07) is 1.72. The fourth-order valence-corrected chi connectivity index (χ4v) is 1.66. The molecule has 1 N–H and O–H groups in total. The van der Waals surface area contributed by atoms with Crippen LogP contribution in [-0.4, -0.2) is 14.9 Å². The Morgan fingerprint density at radius 2 is 2.06 bits per heavy atom. The lowest BCUT2D eigenvalue weighted by Gasteiger charge is -2.10. The quantitative estimate of drug-likeness (QED) is 0.840. The Hall–Kier alpha value is -1.46. The summed E-state index contributed by atoms with van der Waals surface area (Å²) in [6.07, 6.45) is 1.64. The zero-order valence-electron chi connectivity index (χ0n) is 8.86. The van der Waals surface area contributed by atoms with Gasteiger partial charge in [-0.3, -0.25) is 4.68 Å². The summed E-state index contributed by atoms with van der Waals surface area (Å²) >= 11 is 5.43. The monoisotopic (exact) mass is 258 g/mol. The predicted octanol–water partition coefficient (Wildman–Crippen LogP) is 2.43. The van der Waals surface area contributed by atoms with Crippen LogP contribution in [0.25, 0.3) is 0 Å². The van der Waals surface area contributed by atoms with E-state index in [0.29, 0.717) is 5.56 Å². The Labute approximate surface area is 101 Å². The molecule has 2 rings (SSSR count). The summed E-state index contributed by atoms with van der Waals surface area (Å²) in [4.78, 5) is 0. The molecule has 1 heterocycles. The molecule has 1 unspecified atom stereocenters. The SMILES string of the molecule is Cn1cc(C(O)c2cc(F)c(Cl)cc2F)cn1. The molecule has 1 aromatic heterocycles. The number of halogens is 3. The van der Waals surface area contributed by atoms with Crippen LogP contribution in [0.3, 0.4) is 0 Å². The van der Waals surface area contributed by atoms with Crippen molar-refractivity contribution in [2.75, 3.05) is 0 Å². The van der Waals surface area contributed by atoms with Gasteiger partial charge in [-0.2, -0.15) is 5.10 Å². The van der Waals surface area contributed by atoms with Gasteiger partial charge >= 0.3 is 0 Å². The number of aliphatic hydroxyl groups excluding tert-OH is 1. The van der Waals surface area contributed by atoms with Gasteiger partial charge < -0.3 is 5.11 Å². The van der Waals surface area contributed by atoms with E-state index in [4.69, 9.17) is 11.6 Å². The molecule has 90 valence electrons. The molecule has 0 aliphatic rings. The van der Waals surface area contributed by atoms with Crippen molar-refractivity contribution < 1.29 is 13.9 Å². The summed E-state index contributed by atoms with van der Waals surface area (Å²) < 4.78 is 28.2. The summed E-state index contributed by atoms with van der Waals surface area (Å²) in [5.41, 5.74) is 0.216. The van der Waals surface area contributed by atoms with Gasteiger partial charge in [-0.25, -0.2) is 8.78 Å². The van der Waals surface area contributed by atoms with Gasteiger partial charge in [0.1, 0.15) is 17.7 Å². The molecule has 0 aliphatic carbocycles. The van der Waals surface area contributed by atoms with Crippen LogP contribution in [0.5, 0.6) is 0 Å². The van der Waals surface area contributed by atoms with Crippen LogP contribution in [-0.2, 0) is 7.05 Å². The number of aliphatic hydroxyl groups is 1. The van der Waals surface area contributed by atoms with Gasteiger partial charge in [-0.15, -0.1) is 0 Å². The minimum absolute atomic E-state index is 0.167. The van der Waals surface area contributed by atoms with Gasteiger partial charge in [0.15, 0.2) is 0 Å². The van der Waals surface area contributed by atoms with Crippen molar-refractivity contribution in [2.45, 2.75) is 6.10 Å². The topological polar surface area (TPSA) is 38.0 Å². The Kier molecular flexibility index (Phi) is 3.13. The molecular weight excluding hydrogens is 250 g/mol. The molecule has 0 amide bonds. The van der Waals surface area contributed by atoms with Crippen molar-refractivity contribution in [3.63, 3.8) is 0 Å². The fraction of sp³-hybridized carbons (Fsp3) is 0.182. The summed E-state index contributed by atoms with van der Waals surface area (Å²) in [6.45, 7) is 0. The van der Waals surface area contributed by atoms with Crippen LogP contribution in [0.2, 0.25) is 5.02 Å². The van der Waals surface area contributed by atoms with E-state index in [1.54, 1.807) is 7.05 Å². The van der Waals surface area contributed by atoms with Crippen LogP contribution < -0.4 is 0 Å². The lowest BCUT2D eigenvalue weighted by Crippen LogP contribution is -2.03. The second-order valence-corrected chi connectivity index (χ2v) is 4.04. The first kappa shape index (κ1) is 12.0. The molecule has 0 spiro atoms. The lowest BCUT2D eigenvalue weighted by molar-refractivity contribution is 0.214. The molecule has 0 saturated heterocycles. The van der Waals surface area contributed by atoms with Gasteiger partial charge in [-0.05, 0) is 12.1 Å². The molecule has 1 aromatic carbocycles. The molecule has 0 bridgehead atoms. The normalized spacial score (nSPS) is 12.8. The van der Waals surface area contributed by atoms with Crippen LogP contribution >= 0.6 is 11.6 Å². The third kappa shape index (κ3) is 2.30. The number of rotatable bonds is 2. The summed E-state index contributed by atoms with van der Waals surface area (Å²) in [5.74, 6) is -1.53. The van der Waals surface area contributed by atoms with Gasteiger partial charge in [0.05, 0.1) is 11.2 Å². The molecule has 1 atom stereocenters. The predicted molar refractivity (Wildman–Crippen MR) is 58.6 cm³/mol. The highest BCUT2D eigenvalue weighted by molar-refractivity contribution is 6.30. The van der Waals surface area contributed by atoms with Crippen molar-refractivity contribution in [2.24, 2.45) is 7.05 Å². The van der Waals surface area contributed by atoms with Gasteiger partial charge in [0.2, 0.25) is 0 Å². The maximum atomic E-state index is 13.5. The Balaban J connectivity index is 2.43. The smallest absolute Gasteiger partial charge is 0.142 e. The van der Waals surface area contributed by atoms with Crippen LogP contribution in [0, 0.1) is 11.6 Å². The minimum Gasteiger partial charge on any atom is -0.383 e. The van der Waals surface area contributed by atoms with Gasteiger partial charge in [-0.1, -0.05) is 11.6 Å². The number of aromatic nitrogens is 2.